The Bertz CT molecular complexity index is 1120. The lowest BCUT2D eigenvalue weighted by Gasteiger charge is -2.10. The second kappa shape index (κ2) is 8.87. The van der Waals surface area contributed by atoms with E-state index in [0.717, 1.165) is 24.2 Å². The minimum Gasteiger partial charge on any atom is -0.454 e. The lowest BCUT2D eigenvalue weighted by atomic mass is 10.1. The van der Waals surface area contributed by atoms with Crippen molar-refractivity contribution in [1.29, 1.82) is 0 Å². The summed E-state index contributed by atoms with van der Waals surface area (Å²) in [6, 6.07) is 6.29. The predicted molar refractivity (Wildman–Crippen MR) is 116 cm³/mol. The molecule has 9 heteroatoms. The molecule has 0 radical (unpaired) electrons. The van der Waals surface area contributed by atoms with Crippen LogP contribution in [0.5, 0.6) is 0 Å². The Morgan fingerprint density at radius 1 is 1.27 bits per heavy atom. The number of ether oxygens (including phenoxy) is 1. The van der Waals surface area contributed by atoms with Crippen LogP contribution in [0.2, 0.25) is 0 Å². The summed E-state index contributed by atoms with van der Waals surface area (Å²) in [5, 5.41) is 0. The lowest BCUT2D eigenvalue weighted by molar-refractivity contribution is 0.0473. The zero-order chi connectivity index (χ0) is 22.1. The van der Waals surface area contributed by atoms with Crippen LogP contribution in [-0.4, -0.2) is 37.9 Å². The van der Waals surface area contributed by atoms with Gasteiger partial charge in [-0.25, -0.2) is 17.9 Å². The fourth-order valence-electron chi connectivity index (χ4n) is 3.32. The number of hydrogen-bond acceptors (Lipinski definition) is 5. The number of rotatable bonds is 9. The molecule has 160 valence electrons. The van der Waals surface area contributed by atoms with Gasteiger partial charge in [0.1, 0.15) is 0 Å². The summed E-state index contributed by atoms with van der Waals surface area (Å²) in [4.78, 5) is 25.1. The van der Waals surface area contributed by atoms with Crippen molar-refractivity contribution in [1.82, 2.24) is 9.29 Å². The molecule has 30 heavy (non-hydrogen) atoms. The summed E-state index contributed by atoms with van der Waals surface area (Å²) in [6.45, 7) is 6.95. The fraction of sp³-hybridized carbons (Fsp3) is 0.333. The third-order valence-electron chi connectivity index (χ3n) is 4.92. The molecular formula is C21H23BrN2O5S. The molecule has 1 N–H and O–H groups in total. The first-order chi connectivity index (χ1) is 14.2. The SMILES string of the molecule is C=CCNS(=O)(=O)c1ccc(Br)c(C(=O)OCC(=O)c2cc(C)n(C3CC3)c2C)c1. The molecule has 0 bridgehead atoms. The normalized spacial score (nSPS) is 13.8. The Labute approximate surface area is 184 Å². The number of esters is 1. The van der Waals surface area contributed by atoms with Gasteiger partial charge in [0.15, 0.2) is 6.61 Å². The van der Waals surface area contributed by atoms with Crippen molar-refractivity contribution in [2.45, 2.75) is 37.6 Å². The summed E-state index contributed by atoms with van der Waals surface area (Å²) in [6.07, 6.45) is 3.62. The molecule has 1 aromatic heterocycles. The summed E-state index contributed by atoms with van der Waals surface area (Å²) in [5.41, 5.74) is 2.44. The lowest BCUT2D eigenvalue weighted by Crippen LogP contribution is -2.24. The quantitative estimate of drug-likeness (QED) is 0.325. The van der Waals surface area contributed by atoms with E-state index >= 15 is 0 Å². The van der Waals surface area contributed by atoms with Crippen LogP contribution >= 0.6 is 15.9 Å². The molecule has 0 saturated heterocycles. The van der Waals surface area contributed by atoms with Crippen molar-refractivity contribution in [3.05, 3.63) is 63.9 Å². The number of sulfonamides is 1. The van der Waals surface area contributed by atoms with Crippen molar-refractivity contribution >= 4 is 37.7 Å². The molecule has 1 heterocycles. The second-order valence-corrected chi connectivity index (χ2v) is 9.79. The topological polar surface area (TPSA) is 94.5 Å². The third-order valence-corrected chi connectivity index (χ3v) is 7.03. The van der Waals surface area contributed by atoms with Gasteiger partial charge in [-0.15, -0.1) is 6.58 Å². The molecule has 7 nitrogen and oxygen atoms in total. The van der Waals surface area contributed by atoms with Gasteiger partial charge in [-0.2, -0.15) is 0 Å². The summed E-state index contributed by atoms with van der Waals surface area (Å²) in [5.74, 6) is -1.08. The number of nitrogens with zero attached hydrogens (tertiary/aromatic N) is 1. The van der Waals surface area contributed by atoms with Gasteiger partial charge in [0.25, 0.3) is 0 Å². The molecule has 0 amide bonds. The fourth-order valence-corrected chi connectivity index (χ4v) is 4.75. The first-order valence-electron chi connectivity index (χ1n) is 9.44. The molecule has 2 aromatic rings. The Morgan fingerprint density at radius 2 is 1.97 bits per heavy atom. The molecule has 0 spiro atoms. The van der Waals surface area contributed by atoms with Crippen LogP contribution < -0.4 is 4.72 Å². The highest BCUT2D eigenvalue weighted by molar-refractivity contribution is 9.10. The van der Waals surface area contributed by atoms with E-state index in [0.29, 0.717) is 16.1 Å². The van der Waals surface area contributed by atoms with Crippen LogP contribution in [0.15, 0.2) is 46.3 Å². The average Bonchev–Trinajstić information content (AvgIpc) is 3.49. The maximum absolute atomic E-state index is 12.6. The molecule has 1 saturated carbocycles. The molecule has 0 atom stereocenters. The minimum absolute atomic E-state index is 0.0210. The number of aryl methyl sites for hydroxylation is 1. The van der Waals surface area contributed by atoms with Crippen molar-refractivity contribution < 1.29 is 22.7 Å². The van der Waals surface area contributed by atoms with Gasteiger partial charge in [-0.05, 0) is 66.9 Å². The zero-order valence-corrected chi connectivity index (χ0v) is 19.2. The van der Waals surface area contributed by atoms with E-state index in [9.17, 15) is 18.0 Å². The second-order valence-electron chi connectivity index (χ2n) is 7.17. The highest BCUT2D eigenvalue weighted by atomic mass is 79.9. The maximum Gasteiger partial charge on any atom is 0.339 e. The highest BCUT2D eigenvalue weighted by Crippen LogP contribution is 2.38. The van der Waals surface area contributed by atoms with Crippen LogP contribution in [0.1, 0.15) is 51.0 Å². The number of ketones is 1. The van der Waals surface area contributed by atoms with Gasteiger partial charge in [-0.1, -0.05) is 6.08 Å². The number of aromatic nitrogens is 1. The van der Waals surface area contributed by atoms with Crippen molar-refractivity contribution in [2.24, 2.45) is 0 Å². The summed E-state index contributed by atoms with van der Waals surface area (Å²) in [7, 11) is -3.80. The van der Waals surface area contributed by atoms with Gasteiger partial charge in [0, 0.05) is 34.0 Å². The number of hydrogen-bond donors (Lipinski definition) is 1. The van der Waals surface area contributed by atoms with Gasteiger partial charge >= 0.3 is 5.97 Å². The number of nitrogens with one attached hydrogen (secondary N) is 1. The Morgan fingerprint density at radius 3 is 2.60 bits per heavy atom. The van der Waals surface area contributed by atoms with Crippen molar-refractivity contribution in [3.8, 4) is 0 Å². The summed E-state index contributed by atoms with van der Waals surface area (Å²) >= 11 is 3.23. The number of halogens is 1. The molecular weight excluding hydrogens is 472 g/mol. The molecule has 1 aliphatic rings. The minimum atomic E-state index is -3.80. The number of carbonyl (C=O) groups excluding carboxylic acids is 2. The molecule has 1 aromatic carbocycles. The molecule has 1 fully saturated rings. The average molecular weight is 495 g/mol. The number of Topliss-reactive ketones (excluding diaryl/α,β-unsaturated/α-hetero) is 1. The maximum atomic E-state index is 12.6. The summed E-state index contributed by atoms with van der Waals surface area (Å²) < 4.78 is 34.6. The highest BCUT2D eigenvalue weighted by Gasteiger charge is 2.28. The van der Waals surface area contributed by atoms with Crippen LogP contribution in [0.4, 0.5) is 0 Å². The van der Waals surface area contributed by atoms with Crippen molar-refractivity contribution in [3.63, 3.8) is 0 Å². The van der Waals surface area contributed by atoms with E-state index in [1.807, 2.05) is 19.9 Å². The molecule has 0 unspecified atom stereocenters. The van der Waals surface area contributed by atoms with E-state index in [1.54, 1.807) is 0 Å². The zero-order valence-electron chi connectivity index (χ0n) is 16.8. The van der Waals surface area contributed by atoms with E-state index in [2.05, 4.69) is 31.8 Å². The van der Waals surface area contributed by atoms with Gasteiger partial charge in [0.05, 0.1) is 10.5 Å². The monoisotopic (exact) mass is 494 g/mol. The van der Waals surface area contributed by atoms with E-state index in [4.69, 9.17) is 4.74 Å². The van der Waals surface area contributed by atoms with Gasteiger partial charge in [0.2, 0.25) is 15.8 Å². The molecule has 1 aliphatic carbocycles. The third kappa shape index (κ3) is 4.74. The van der Waals surface area contributed by atoms with Crippen LogP contribution in [0.25, 0.3) is 0 Å². The Hall–Kier alpha value is -2.23. The largest absolute Gasteiger partial charge is 0.454 e. The van der Waals surface area contributed by atoms with E-state index in [1.165, 1.54) is 24.3 Å². The van der Waals surface area contributed by atoms with Crippen molar-refractivity contribution in [2.75, 3.05) is 13.2 Å². The Kier molecular flexibility index (Phi) is 6.64. The molecule has 3 rings (SSSR count). The van der Waals surface area contributed by atoms with E-state index in [-0.39, 0.29) is 22.8 Å². The smallest absolute Gasteiger partial charge is 0.339 e. The number of carbonyl (C=O) groups is 2. The standard InChI is InChI=1S/C21H23BrN2O5S/c1-4-9-23-30(27,28)16-7-8-19(22)18(11-16)21(26)29-12-20(25)17-10-13(2)24(14(17)3)15-5-6-15/h4,7-8,10-11,15,23H,1,5-6,9,12H2,2-3H3. The molecule has 0 aliphatic heterocycles. The van der Waals surface area contributed by atoms with E-state index < -0.39 is 22.6 Å². The van der Waals surface area contributed by atoms with Crippen LogP contribution in [0, 0.1) is 13.8 Å². The van der Waals surface area contributed by atoms with Gasteiger partial charge < -0.3 is 9.30 Å². The Balaban J connectivity index is 1.73. The van der Waals surface area contributed by atoms with Crippen LogP contribution in [0.3, 0.4) is 0 Å². The number of benzene rings is 1. The first-order valence-corrected chi connectivity index (χ1v) is 11.7. The first kappa shape index (κ1) is 22.5. The predicted octanol–water partition coefficient (Wildman–Crippen LogP) is 3.71. The van der Waals surface area contributed by atoms with Crippen LogP contribution in [-0.2, 0) is 14.8 Å². The van der Waals surface area contributed by atoms with Gasteiger partial charge in [-0.3, -0.25) is 4.79 Å².